The number of para-hydroxylation sites is 1. The summed E-state index contributed by atoms with van der Waals surface area (Å²) in [4.78, 5) is 4.44. The molecule has 0 bridgehead atoms. The van der Waals surface area contributed by atoms with Gasteiger partial charge in [0.1, 0.15) is 11.6 Å². The van der Waals surface area contributed by atoms with Crippen LogP contribution >= 0.6 is 11.3 Å². The number of aromatic nitrogens is 1. The number of thiazole rings is 1. The molecule has 2 nitrogen and oxygen atoms in total. The highest BCUT2D eigenvalue weighted by atomic mass is 32.1. The van der Waals surface area contributed by atoms with Crippen molar-refractivity contribution >= 4 is 21.6 Å². The average molecular weight is 305 g/mol. The number of hydrogen-bond donors (Lipinski definition) is 1. The van der Waals surface area contributed by atoms with Crippen molar-refractivity contribution in [1.29, 1.82) is 0 Å². The van der Waals surface area contributed by atoms with Crippen LogP contribution in [0.25, 0.3) is 10.2 Å². The fraction of sp³-hybridized carbons (Fsp3) is 0.188. The quantitative estimate of drug-likeness (QED) is 0.797. The highest BCUT2D eigenvalue weighted by molar-refractivity contribution is 7.18. The molecule has 3 rings (SSSR count). The Labute approximate surface area is 124 Å². The molecular formula is C16H13F2NOS. The van der Waals surface area contributed by atoms with Crippen molar-refractivity contribution in [2.24, 2.45) is 0 Å². The van der Waals surface area contributed by atoms with Crippen LogP contribution in [0, 0.1) is 11.6 Å². The summed E-state index contributed by atoms with van der Waals surface area (Å²) in [6.07, 6.45) is -0.144. The van der Waals surface area contributed by atoms with Crippen LogP contribution in [0.1, 0.15) is 10.6 Å². The van der Waals surface area contributed by atoms with Gasteiger partial charge in [-0.2, -0.15) is 0 Å². The highest BCUT2D eigenvalue weighted by Gasteiger charge is 2.12. The number of nitrogens with zero attached hydrogens (tertiary/aromatic N) is 1. The Morgan fingerprint density at radius 2 is 1.76 bits per heavy atom. The topological polar surface area (TPSA) is 33.1 Å². The minimum atomic E-state index is -0.716. The van der Waals surface area contributed by atoms with Crippen molar-refractivity contribution in [3.8, 4) is 0 Å². The predicted molar refractivity (Wildman–Crippen MR) is 79.4 cm³/mol. The van der Waals surface area contributed by atoms with Crippen molar-refractivity contribution in [2.75, 3.05) is 0 Å². The predicted octanol–water partition coefficient (Wildman–Crippen LogP) is 3.72. The van der Waals surface area contributed by atoms with E-state index in [0.717, 1.165) is 21.3 Å². The van der Waals surface area contributed by atoms with Crippen LogP contribution in [-0.2, 0) is 12.8 Å². The van der Waals surface area contributed by atoms with Gasteiger partial charge in [0.25, 0.3) is 0 Å². The van der Waals surface area contributed by atoms with E-state index in [1.54, 1.807) is 0 Å². The van der Waals surface area contributed by atoms with E-state index >= 15 is 0 Å². The number of benzene rings is 2. The number of halogens is 2. The Bertz CT molecular complexity index is 719. The van der Waals surface area contributed by atoms with E-state index < -0.39 is 17.7 Å². The van der Waals surface area contributed by atoms with Gasteiger partial charge in [0.2, 0.25) is 0 Å². The maximum absolute atomic E-state index is 13.1. The Morgan fingerprint density at radius 3 is 2.48 bits per heavy atom. The second-order valence-electron chi connectivity index (χ2n) is 4.92. The van der Waals surface area contributed by atoms with Gasteiger partial charge in [0.15, 0.2) is 0 Å². The fourth-order valence-corrected chi connectivity index (χ4v) is 3.32. The number of aliphatic hydroxyl groups excluding tert-OH is 1. The molecule has 21 heavy (non-hydrogen) atoms. The van der Waals surface area contributed by atoms with Gasteiger partial charge in [-0.3, -0.25) is 0 Å². The lowest BCUT2D eigenvalue weighted by molar-refractivity contribution is 0.175. The lowest BCUT2D eigenvalue weighted by atomic mass is 10.1. The molecule has 1 atom stereocenters. The zero-order valence-electron chi connectivity index (χ0n) is 11.1. The summed E-state index contributed by atoms with van der Waals surface area (Å²) < 4.78 is 27.3. The number of hydrogen-bond acceptors (Lipinski definition) is 3. The maximum Gasteiger partial charge on any atom is 0.126 e. The molecule has 2 aromatic carbocycles. The molecule has 0 amide bonds. The standard InChI is InChI=1S/C16H13F2NOS/c17-11-5-10(6-12(18)8-11)7-13(20)9-16-19-14-3-1-2-4-15(14)21-16/h1-6,8,13,20H,7,9H2. The molecule has 0 aliphatic heterocycles. The fourth-order valence-electron chi connectivity index (χ4n) is 2.28. The number of aliphatic hydroxyl groups is 1. The molecule has 0 saturated carbocycles. The molecule has 1 N–H and O–H groups in total. The third-order valence-corrected chi connectivity index (χ3v) is 4.20. The lowest BCUT2D eigenvalue weighted by Crippen LogP contribution is -2.14. The van der Waals surface area contributed by atoms with Gasteiger partial charge in [-0.25, -0.2) is 13.8 Å². The zero-order chi connectivity index (χ0) is 14.8. The molecular weight excluding hydrogens is 292 g/mol. The molecule has 108 valence electrons. The summed E-state index contributed by atoms with van der Waals surface area (Å²) in [6.45, 7) is 0. The van der Waals surface area contributed by atoms with Crippen LogP contribution in [0.15, 0.2) is 42.5 Å². The van der Waals surface area contributed by atoms with Gasteiger partial charge < -0.3 is 5.11 Å². The van der Waals surface area contributed by atoms with Crippen molar-refractivity contribution in [3.63, 3.8) is 0 Å². The van der Waals surface area contributed by atoms with Crippen LogP contribution in [0.3, 0.4) is 0 Å². The Kier molecular flexibility index (Phi) is 3.94. The molecule has 1 aromatic heterocycles. The molecule has 5 heteroatoms. The van der Waals surface area contributed by atoms with Crippen molar-refractivity contribution in [3.05, 3.63) is 64.7 Å². The van der Waals surface area contributed by atoms with Crippen LogP contribution in [-0.4, -0.2) is 16.2 Å². The molecule has 0 aliphatic carbocycles. The smallest absolute Gasteiger partial charge is 0.126 e. The van der Waals surface area contributed by atoms with Crippen molar-refractivity contribution in [2.45, 2.75) is 18.9 Å². The molecule has 0 radical (unpaired) electrons. The third kappa shape index (κ3) is 3.43. The zero-order valence-corrected chi connectivity index (χ0v) is 11.9. The maximum atomic E-state index is 13.1. The second kappa shape index (κ2) is 5.87. The van der Waals surface area contributed by atoms with Crippen LogP contribution in [0.4, 0.5) is 8.78 Å². The molecule has 0 fully saturated rings. The molecule has 0 aliphatic rings. The van der Waals surface area contributed by atoms with Gasteiger partial charge in [0.05, 0.1) is 21.3 Å². The summed E-state index contributed by atoms with van der Waals surface area (Å²) in [5.74, 6) is -1.26. The molecule has 1 heterocycles. The van der Waals surface area contributed by atoms with Crippen molar-refractivity contribution < 1.29 is 13.9 Å². The summed E-state index contributed by atoms with van der Waals surface area (Å²) in [6, 6.07) is 11.1. The first-order chi connectivity index (χ1) is 10.1. The normalized spacial score (nSPS) is 12.7. The second-order valence-corrected chi connectivity index (χ2v) is 6.03. The van der Waals surface area contributed by atoms with E-state index in [0.29, 0.717) is 12.0 Å². The van der Waals surface area contributed by atoms with E-state index in [1.807, 2.05) is 24.3 Å². The third-order valence-electron chi connectivity index (χ3n) is 3.14. The van der Waals surface area contributed by atoms with E-state index in [-0.39, 0.29) is 6.42 Å². The highest BCUT2D eigenvalue weighted by Crippen LogP contribution is 2.23. The molecule has 0 spiro atoms. The van der Waals surface area contributed by atoms with E-state index in [1.165, 1.54) is 23.5 Å². The molecule has 0 saturated heterocycles. The van der Waals surface area contributed by atoms with Crippen LogP contribution in [0.5, 0.6) is 0 Å². The van der Waals surface area contributed by atoms with E-state index in [9.17, 15) is 13.9 Å². The number of rotatable bonds is 4. The summed E-state index contributed by atoms with van der Waals surface area (Å²) in [7, 11) is 0. The minimum absolute atomic E-state index is 0.199. The Balaban J connectivity index is 1.72. The summed E-state index contributed by atoms with van der Waals surface area (Å²) in [5, 5.41) is 10.9. The Hall–Kier alpha value is -1.85. The first-order valence-corrected chi connectivity index (χ1v) is 7.39. The largest absolute Gasteiger partial charge is 0.392 e. The number of fused-ring (bicyclic) bond motifs is 1. The van der Waals surface area contributed by atoms with Crippen molar-refractivity contribution in [1.82, 2.24) is 4.98 Å². The van der Waals surface area contributed by atoms with Gasteiger partial charge in [-0.1, -0.05) is 12.1 Å². The van der Waals surface area contributed by atoms with Gasteiger partial charge >= 0.3 is 0 Å². The molecule has 3 aromatic rings. The van der Waals surface area contributed by atoms with Gasteiger partial charge in [-0.15, -0.1) is 11.3 Å². The SMILES string of the molecule is OC(Cc1cc(F)cc(F)c1)Cc1nc2ccccc2s1. The van der Waals surface area contributed by atoms with Gasteiger partial charge in [-0.05, 0) is 36.2 Å². The minimum Gasteiger partial charge on any atom is -0.392 e. The first kappa shape index (κ1) is 14.1. The lowest BCUT2D eigenvalue weighted by Gasteiger charge is -2.09. The van der Waals surface area contributed by atoms with Crippen LogP contribution < -0.4 is 0 Å². The summed E-state index contributed by atoms with van der Waals surface area (Å²) >= 11 is 1.52. The van der Waals surface area contributed by atoms with E-state index in [4.69, 9.17) is 0 Å². The van der Waals surface area contributed by atoms with E-state index in [2.05, 4.69) is 4.98 Å². The Morgan fingerprint density at radius 1 is 1.05 bits per heavy atom. The van der Waals surface area contributed by atoms with Gasteiger partial charge in [0, 0.05) is 12.5 Å². The molecule has 1 unspecified atom stereocenters. The van der Waals surface area contributed by atoms with Crippen LogP contribution in [0.2, 0.25) is 0 Å². The first-order valence-electron chi connectivity index (χ1n) is 6.57. The average Bonchev–Trinajstić information content (AvgIpc) is 2.78. The summed E-state index contributed by atoms with van der Waals surface area (Å²) in [5.41, 5.74) is 1.35. The monoisotopic (exact) mass is 305 g/mol.